The fourth-order valence-corrected chi connectivity index (χ4v) is 15.6. The van der Waals surface area contributed by atoms with Gasteiger partial charge in [0.1, 0.15) is 16.9 Å². The van der Waals surface area contributed by atoms with Crippen molar-refractivity contribution in [3.8, 4) is 22.5 Å². The molecule has 0 spiro atoms. The van der Waals surface area contributed by atoms with E-state index in [0.717, 1.165) is 120 Å². The van der Waals surface area contributed by atoms with Crippen LogP contribution in [0.2, 0.25) is 0 Å². The molecule has 512 valence electrons. The molecular formula is C78H99BrN14O4. The van der Waals surface area contributed by atoms with Crippen LogP contribution in [0.25, 0.3) is 44.6 Å². The number of halogens is 1. The van der Waals surface area contributed by atoms with Gasteiger partial charge < -0.3 is 50.4 Å². The predicted molar refractivity (Wildman–Crippen MR) is 395 cm³/mol. The number of rotatable bonds is 14. The number of fused-ring (bicyclic) bond motifs is 4. The number of nitrogens with one attached hydrogen (secondary N) is 3. The van der Waals surface area contributed by atoms with Gasteiger partial charge in [-0.25, -0.2) is 19.9 Å². The maximum Gasteiger partial charge on any atom is 0.251 e. The van der Waals surface area contributed by atoms with Gasteiger partial charge in [-0.05, 0) is 245 Å². The molecule has 4 fully saturated rings. The number of nitrogens with zero attached hydrogens (tertiary/aromatic N) is 10. The first-order chi connectivity index (χ1) is 46.2. The Bertz CT molecular complexity index is 4290. The van der Waals surface area contributed by atoms with Crippen molar-refractivity contribution >= 4 is 90.3 Å². The molecule has 18 nitrogen and oxygen atoms in total. The van der Waals surface area contributed by atoms with Gasteiger partial charge in [0.15, 0.2) is 5.82 Å². The number of nitrogens with two attached hydrogens (primary N) is 1. The van der Waals surface area contributed by atoms with Crippen LogP contribution in [0, 0.1) is 13.8 Å². The Labute approximate surface area is 581 Å². The summed E-state index contributed by atoms with van der Waals surface area (Å²) in [5.74, 6) is 1.45. The summed E-state index contributed by atoms with van der Waals surface area (Å²) in [7, 11) is 0. The molecule has 0 unspecified atom stereocenters. The van der Waals surface area contributed by atoms with Gasteiger partial charge in [0.25, 0.3) is 11.8 Å². The molecule has 8 aromatic rings. The van der Waals surface area contributed by atoms with E-state index in [2.05, 4.69) is 157 Å². The molecule has 8 heterocycles. The molecular weight excluding hydrogens is 1280 g/mol. The van der Waals surface area contributed by atoms with E-state index >= 15 is 0 Å². The molecule has 4 amide bonds. The molecule has 6 aliphatic rings. The number of anilines is 5. The molecule has 4 aromatic carbocycles. The van der Waals surface area contributed by atoms with Crippen LogP contribution in [-0.4, -0.2) is 125 Å². The number of amides is 4. The van der Waals surface area contributed by atoms with Crippen LogP contribution < -0.4 is 31.5 Å². The van der Waals surface area contributed by atoms with Crippen LogP contribution in [0.3, 0.4) is 0 Å². The van der Waals surface area contributed by atoms with E-state index in [-0.39, 0.29) is 59.9 Å². The number of nitrogen functional groups attached to an aromatic ring is 1. The van der Waals surface area contributed by atoms with Crippen molar-refractivity contribution in [2.45, 2.75) is 220 Å². The molecule has 0 atom stereocenters. The number of hydrogen-bond donors (Lipinski definition) is 4. The number of piperidine rings is 2. The third kappa shape index (κ3) is 13.7. The second-order valence-corrected chi connectivity index (χ2v) is 31.1. The van der Waals surface area contributed by atoms with Gasteiger partial charge in [-0.15, -0.1) is 0 Å². The van der Waals surface area contributed by atoms with E-state index < -0.39 is 10.8 Å². The summed E-state index contributed by atoms with van der Waals surface area (Å²) >= 11 is 3.35. The van der Waals surface area contributed by atoms with Crippen LogP contribution in [0.1, 0.15) is 202 Å². The van der Waals surface area contributed by atoms with E-state index in [1.807, 2.05) is 103 Å². The van der Waals surface area contributed by atoms with Crippen LogP contribution >= 0.6 is 15.9 Å². The van der Waals surface area contributed by atoms with E-state index in [1.54, 1.807) is 0 Å². The van der Waals surface area contributed by atoms with Crippen molar-refractivity contribution < 1.29 is 19.2 Å². The van der Waals surface area contributed by atoms with Gasteiger partial charge in [0, 0.05) is 92.1 Å². The van der Waals surface area contributed by atoms with Crippen molar-refractivity contribution in [2.75, 3.05) is 47.0 Å². The van der Waals surface area contributed by atoms with Gasteiger partial charge in [-0.2, -0.15) is 0 Å². The first kappa shape index (κ1) is 68.9. The normalized spacial score (nSPS) is 20.5. The number of aromatic nitrogens is 6. The number of benzene rings is 4. The van der Waals surface area contributed by atoms with Crippen molar-refractivity contribution in [3.05, 3.63) is 135 Å². The third-order valence-corrected chi connectivity index (χ3v) is 21.4. The van der Waals surface area contributed by atoms with E-state index in [9.17, 15) is 19.2 Å². The number of likely N-dealkylation sites (tertiary alicyclic amines) is 2. The summed E-state index contributed by atoms with van der Waals surface area (Å²) in [5, 5.41) is 9.43. The van der Waals surface area contributed by atoms with Crippen LogP contribution in [0.4, 0.5) is 28.7 Å². The highest BCUT2D eigenvalue weighted by atomic mass is 79.9. The first-order valence-electron chi connectivity index (χ1n) is 35.4. The summed E-state index contributed by atoms with van der Waals surface area (Å²) in [4.78, 5) is 81.1. The Morgan fingerprint density at radius 1 is 0.536 bits per heavy atom. The predicted octanol–water partition coefficient (Wildman–Crippen LogP) is 15.3. The summed E-state index contributed by atoms with van der Waals surface area (Å²) in [5.41, 5.74) is 20.5. The molecule has 14 rings (SSSR count). The lowest BCUT2D eigenvalue weighted by Crippen LogP contribution is -2.57. The zero-order valence-corrected chi connectivity index (χ0v) is 60.9. The second kappa shape index (κ2) is 27.7. The number of hydrogen-bond acceptors (Lipinski definition) is 12. The minimum absolute atomic E-state index is 0.0150. The Morgan fingerprint density at radius 3 is 1.43 bits per heavy atom. The van der Waals surface area contributed by atoms with Gasteiger partial charge in [-0.3, -0.25) is 19.2 Å². The SMILES string of the molecule is CC(C)n1cnc2cc(-c3ccc4c(c3)N(C3CC(N5CCCCC5)C3)C(=O)C4(C)C)nc(N)c21.Cc1ccc(Br)cc1C(=O)NC(C)C.Cc1ccc(Nc2nc(-c3ccc4c(c3)N(C3CC(N5CCCCC5)C3)C(=O)C4(C)C)cc3ncn(C(C)C)c23)cc1C(=O)NC(C)C. The monoisotopic (exact) mass is 1370 g/mol. The van der Waals surface area contributed by atoms with Gasteiger partial charge in [0.2, 0.25) is 11.8 Å². The highest BCUT2D eigenvalue weighted by Gasteiger charge is 2.52. The lowest BCUT2D eigenvalue weighted by atomic mass is 9.82. The molecule has 2 saturated carbocycles. The number of imidazole rings is 2. The molecule has 4 aliphatic heterocycles. The zero-order valence-electron chi connectivity index (χ0n) is 59.3. The van der Waals surface area contributed by atoms with Crippen molar-refractivity contribution in [3.63, 3.8) is 0 Å². The molecule has 19 heteroatoms. The van der Waals surface area contributed by atoms with Gasteiger partial charge >= 0.3 is 0 Å². The maximum atomic E-state index is 14.0. The molecule has 2 aliphatic carbocycles. The van der Waals surface area contributed by atoms with E-state index in [0.29, 0.717) is 29.3 Å². The molecule has 2 saturated heterocycles. The van der Waals surface area contributed by atoms with E-state index in [1.165, 1.54) is 64.7 Å². The molecule has 5 N–H and O–H groups in total. The lowest BCUT2D eigenvalue weighted by molar-refractivity contribution is -0.124. The molecule has 0 radical (unpaired) electrons. The summed E-state index contributed by atoms with van der Waals surface area (Å²) in [6.07, 6.45) is 15.7. The number of aryl methyl sites for hydroxylation is 2. The molecule has 4 aromatic heterocycles. The van der Waals surface area contributed by atoms with Crippen LogP contribution in [-0.2, 0) is 20.4 Å². The van der Waals surface area contributed by atoms with Crippen molar-refractivity contribution in [1.82, 2.24) is 49.5 Å². The summed E-state index contributed by atoms with van der Waals surface area (Å²) in [6, 6.07) is 30.6. The Morgan fingerprint density at radius 2 is 0.969 bits per heavy atom. The lowest BCUT2D eigenvalue weighted by Gasteiger charge is -2.48. The summed E-state index contributed by atoms with van der Waals surface area (Å²) in [6.45, 7) is 33.2. The number of carbonyl (C=O) groups excluding carboxylic acids is 4. The standard InChI is InChI=1S/C39H49N7O2.C28H36N6O.C11H14BrNO/c1-23(2)41-37(47)30-18-27(13-11-25(30)5)42-36-35-33(40-22-45(35)24(3)4)21-32(43-36)26-12-14-31-34(17-26)46(38(48)39(31,6)7)29-19-28(20-29)44-15-9-8-10-16-44;1-17(2)33-16-30-23-15-22(31-26(29)25(23)33)18-8-9-21-24(12-18)34(27(35)28(21,3)4)20-13-19(14-20)32-10-6-5-7-11-32;1-7(2)13-11(14)10-6-9(12)5-4-8(10)3/h11-14,17-18,21-24,28-29H,8-10,15-16,19-20H2,1-7H3,(H,41,47)(H,42,43);8-9,12,15-17,19-20H,5-7,10-11,13-14H2,1-4H3,(H2,29,31);4-7H,1-3H3,(H,13,14). The maximum absolute atomic E-state index is 14.0. The Balaban J connectivity index is 0.000000159. The van der Waals surface area contributed by atoms with Gasteiger partial charge in [0.05, 0.1) is 45.9 Å². The highest BCUT2D eigenvalue weighted by Crippen LogP contribution is 2.50. The number of carbonyl (C=O) groups is 4. The first-order valence-corrected chi connectivity index (χ1v) is 36.2. The fraction of sp³-hybridized carbons (Fsp3) is 0.487. The quantitative estimate of drug-likeness (QED) is 0.0803. The average Bonchev–Trinajstić information content (AvgIpc) is 1.58. The Kier molecular flexibility index (Phi) is 19.7. The van der Waals surface area contributed by atoms with Crippen molar-refractivity contribution in [2.24, 2.45) is 0 Å². The van der Waals surface area contributed by atoms with E-state index in [4.69, 9.17) is 20.7 Å². The van der Waals surface area contributed by atoms with Gasteiger partial charge in [-0.1, -0.05) is 65.2 Å². The smallest absolute Gasteiger partial charge is 0.251 e. The molecule has 0 bridgehead atoms. The largest absolute Gasteiger partial charge is 0.382 e. The fourth-order valence-electron chi connectivity index (χ4n) is 15.2. The van der Waals surface area contributed by atoms with Crippen LogP contribution in [0.15, 0.2) is 102 Å². The highest BCUT2D eigenvalue weighted by molar-refractivity contribution is 9.10. The summed E-state index contributed by atoms with van der Waals surface area (Å²) < 4.78 is 5.11. The topological polar surface area (TPSA) is 205 Å². The average molecular weight is 1380 g/mol. The zero-order chi connectivity index (χ0) is 69.1. The third-order valence-electron chi connectivity index (χ3n) is 21.0. The minimum Gasteiger partial charge on any atom is -0.382 e. The minimum atomic E-state index is -0.574. The van der Waals surface area contributed by atoms with Crippen LogP contribution in [0.5, 0.6) is 0 Å². The Hall–Kier alpha value is -8.00. The second-order valence-electron chi connectivity index (χ2n) is 30.2. The van der Waals surface area contributed by atoms with Crippen molar-refractivity contribution in [1.29, 1.82) is 0 Å². The molecule has 97 heavy (non-hydrogen) atoms. The number of pyridine rings is 2.